The molecule has 2 aromatic rings. The van der Waals surface area contributed by atoms with Crippen LogP contribution < -0.4 is 29.9 Å². The molecule has 0 spiro atoms. The maximum Gasteiger partial charge on any atom is 0.257 e. The van der Waals surface area contributed by atoms with E-state index >= 15 is 0 Å². The number of anilines is 2. The molecule has 0 bridgehead atoms. The number of carbonyl (C=O) groups is 1. The lowest BCUT2D eigenvalue weighted by molar-refractivity contribution is -0.880. The number of nitrogens with zero attached hydrogens (tertiary/aromatic N) is 1. The average molecular weight is 414 g/mol. The fourth-order valence-corrected chi connectivity index (χ4v) is 3.63. The number of likely N-dealkylation sites (N-methyl/N-ethyl adjacent to an activating group) is 1. The highest BCUT2D eigenvalue weighted by atomic mass is 32.1. The van der Waals surface area contributed by atoms with E-state index in [1.807, 2.05) is 12.1 Å². The summed E-state index contributed by atoms with van der Waals surface area (Å²) >= 11 is 5.29. The Morgan fingerprint density at radius 3 is 2.45 bits per heavy atom. The number of benzene rings is 2. The molecule has 2 heterocycles. The Bertz CT molecular complexity index is 895. The van der Waals surface area contributed by atoms with Gasteiger partial charge in [0.15, 0.2) is 16.6 Å². The molecule has 1 saturated heterocycles. The van der Waals surface area contributed by atoms with E-state index in [1.165, 1.54) is 5.69 Å². The van der Waals surface area contributed by atoms with Gasteiger partial charge in [-0.25, -0.2) is 0 Å². The molecule has 0 saturated carbocycles. The fourth-order valence-electron chi connectivity index (χ4n) is 3.42. The van der Waals surface area contributed by atoms with Crippen molar-refractivity contribution < 1.29 is 19.2 Å². The highest BCUT2D eigenvalue weighted by Gasteiger charge is 2.17. The zero-order valence-corrected chi connectivity index (χ0v) is 17.2. The first-order chi connectivity index (χ1) is 14.1. The van der Waals surface area contributed by atoms with E-state index in [0.717, 1.165) is 31.9 Å². The number of amides is 1. The van der Waals surface area contributed by atoms with E-state index < -0.39 is 0 Å². The van der Waals surface area contributed by atoms with Gasteiger partial charge in [0, 0.05) is 16.9 Å². The van der Waals surface area contributed by atoms with Crippen molar-refractivity contribution in [2.24, 2.45) is 0 Å². The van der Waals surface area contributed by atoms with Gasteiger partial charge in [-0.2, -0.15) is 0 Å². The summed E-state index contributed by atoms with van der Waals surface area (Å²) in [5, 5.41) is 6.02. The lowest BCUT2D eigenvalue weighted by Gasteiger charge is -2.31. The average Bonchev–Trinajstić information content (AvgIpc) is 2.74. The Labute approximate surface area is 175 Å². The summed E-state index contributed by atoms with van der Waals surface area (Å²) < 4.78 is 11.0. The first kappa shape index (κ1) is 19.5. The van der Waals surface area contributed by atoms with Gasteiger partial charge in [-0.05, 0) is 54.7 Å². The molecule has 29 heavy (non-hydrogen) atoms. The molecule has 2 aliphatic rings. The van der Waals surface area contributed by atoms with Crippen LogP contribution in [0.2, 0.25) is 0 Å². The van der Waals surface area contributed by atoms with Crippen LogP contribution in [0.25, 0.3) is 0 Å². The van der Waals surface area contributed by atoms with Gasteiger partial charge < -0.3 is 24.6 Å². The van der Waals surface area contributed by atoms with Crippen molar-refractivity contribution in [2.75, 3.05) is 56.7 Å². The summed E-state index contributed by atoms with van der Waals surface area (Å²) in [7, 11) is 2.23. The minimum Gasteiger partial charge on any atom is -0.486 e. The van der Waals surface area contributed by atoms with Crippen LogP contribution >= 0.6 is 12.2 Å². The van der Waals surface area contributed by atoms with Crippen molar-refractivity contribution in [2.45, 2.75) is 0 Å². The molecule has 152 valence electrons. The molecule has 0 unspecified atom stereocenters. The number of rotatable bonds is 3. The molecular formula is C21H25N4O3S+. The number of ether oxygens (including phenoxy) is 2. The minimum absolute atomic E-state index is 0.251. The first-order valence-corrected chi connectivity index (χ1v) is 10.2. The maximum atomic E-state index is 12.5. The molecule has 2 aromatic carbocycles. The van der Waals surface area contributed by atoms with Gasteiger partial charge in [0.25, 0.3) is 5.91 Å². The number of nitrogens with one attached hydrogen (secondary N) is 3. The van der Waals surface area contributed by atoms with Gasteiger partial charge in [0.2, 0.25) is 0 Å². The number of carbonyl (C=O) groups excluding carboxylic acids is 1. The lowest BCUT2D eigenvalue weighted by atomic mass is 10.2. The summed E-state index contributed by atoms with van der Waals surface area (Å²) in [4.78, 5) is 16.4. The Balaban J connectivity index is 1.33. The van der Waals surface area contributed by atoms with Gasteiger partial charge in [-0.15, -0.1) is 0 Å². The summed E-state index contributed by atoms with van der Waals surface area (Å²) in [6, 6.07) is 13.2. The summed E-state index contributed by atoms with van der Waals surface area (Å²) in [6.07, 6.45) is 0. The minimum atomic E-state index is -0.295. The van der Waals surface area contributed by atoms with Crippen LogP contribution in [0.4, 0.5) is 11.4 Å². The second-order valence-electron chi connectivity index (χ2n) is 7.26. The van der Waals surface area contributed by atoms with Crippen LogP contribution in [-0.2, 0) is 0 Å². The Morgan fingerprint density at radius 2 is 1.72 bits per heavy atom. The SMILES string of the molecule is C[NH+]1CCN(c2ccc(NC(=S)NC(=O)c3ccc4c(c3)OCCO4)cc2)CC1. The summed E-state index contributed by atoms with van der Waals surface area (Å²) in [5.74, 6) is 0.926. The molecule has 0 radical (unpaired) electrons. The third-order valence-corrected chi connectivity index (χ3v) is 5.34. The van der Waals surface area contributed by atoms with Crippen molar-refractivity contribution in [1.82, 2.24) is 5.32 Å². The number of hydrogen-bond acceptors (Lipinski definition) is 5. The van der Waals surface area contributed by atoms with E-state index in [0.29, 0.717) is 30.3 Å². The number of hydrogen-bond donors (Lipinski definition) is 3. The third-order valence-electron chi connectivity index (χ3n) is 5.14. The van der Waals surface area contributed by atoms with Crippen LogP contribution in [-0.4, -0.2) is 57.5 Å². The molecule has 0 aromatic heterocycles. The molecule has 0 atom stereocenters. The normalized spacial score (nSPS) is 16.2. The number of piperazine rings is 1. The Kier molecular flexibility index (Phi) is 5.82. The van der Waals surface area contributed by atoms with E-state index in [2.05, 4.69) is 34.7 Å². The van der Waals surface area contributed by atoms with Crippen LogP contribution in [0, 0.1) is 0 Å². The molecule has 8 heteroatoms. The standard InChI is InChI=1S/C21H24N4O3S/c1-24-8-10-25(11-9-24)17-5-3-16(4-6-17)22-21(29)23-20(26)15-2-7-18-19(14-15)28-13-12-27-18/h2-7,14H,8-13H2,1H3,(H2,22,23,26,29)/p+1. The number of quaternary nitrogens is 1. The molecule has 2 aliphatic heterocycles. The van der Waals surface area contributed by atoms with Crippen LogP contribution in [0.15, 0.2) is 42.5 Å². The number of fused-ring (bicyclic) bond motifs is 1. The zero-order valence-electron chi connectivity index (χ0n) is 16.4. The monoisotopic (exact) mass is 413 g/mol. The first-order valence-electron chi connectivity index (χ1n) is 9.77. The van der Waals surface area contributed by atoms with Gasteiger partial charge in [0.1, 0.15) is 13.2 Å². The smallest absolute Gasteiger partial charge is 0.257 e. The van der Waals surface area contributed by atoms with Gasteiger partial charge in [-0.1, -0.05) is 0 Å². The second kappa shape index (κ2) is 8.67. The van der Waals surface area contributed by atoms with Gasteiger partial charge >= 0.3 is 0 Å². The Morgan fingerprint density at radius 1 is 1.03 bits per heavy atom. The van der Waals surface area contributed by atoms with E-state index in [-0.39, 0.29) is 11.0 Å². The molecule has 1 amide bonds. The molecule has 0 aliphatic carbocycles. The zero-order chi connectivity index (χ0) is 20.2. The predicted molar refractivity (Wildman–Crippen MR) is 116 cm³/mol. The summed E-state index contributed by atoms with van der Waals surface area (Å²) in [5.41, 5.74) is 2.50. The second-order valence-corrected chi connectivity index (χ2v) is 7.67. The quantitative estimate of drug-likeness (QED) is 0.651. The van der Waals surface area contributed by atoms with Gasteiger partial charge in [-0.3, -0.25) is 10.1 Å². The van der Waals surface area contributed by atoms with Crippen LogP contribution in [0.1, 0.15) is 10.4 Å². The van der Waals surface area contributed by atoms with Crippen LogP contribution in [0.3, 0.4) is 0 Å². The van der Waals surface area contributed by atoms with Crippen molar-refractivity contribution in [3.05, 3.63) is 48.0 Å². The molecular weight excluding hydrogens is 388 g/mol. The molecule has 7 nitrogen and oxygen atoms in total. The fraction of sp³-hybridized carbons (Fsp3) is 0.333. The number of thiocarbonyl (C=S) groups is 1. The summed E-state index contributed by atoms with van der Waals surface area (Å²) in [6.45, 7) is 5.40. The van der Waals surface area contributed by atoms with E-state index in [4.69, 9.17) is 21.7 Å². The van der Waals surface area contributed by atoms with Gasteiger partial charge in [0.05, 0.1) is 33.2 Å². The van der Waals surface area contributed by atoms with Crippen molar-refractivity contribution >= 4 is 34.6 Å². The van der Waals surface area contributed by atoms with E-state index in [1.54, 1.807) is 23.1 Å². The van der Waals surface area contributed by atoms with Crippen molar-refractivity contribution in [3.63, 3.8) is 0 Å². The van der Waals surface area contributed by atoms with E-state index in [9.17, 15) is 4.79 Å². The maximum absolute atomic E-state index is 12.5. The van der Waals surface area contributed by atoms with Crippen molar-refractivity contribution in [3.8, 4) is 11.5 Å². The highest BCUT2D eigenvalue weighted by Crippen LogP contribution is 2.30. The van der Waals surface area contributed by atoms with Crippen molar-refractivity contribution in [1.29, 1.82) is 0 Å². The molecule has 4 rings (SSSR count). The Hall–Kier alpha value is -2.84. The third kappa shape index (κ3) is 4.78. The van der Waals surface area contributed by atoms with Crippen LogP contribution in [0.5, 0.6) is 11.5 Å². The molecule has 3 N–H and O–H groups in total. The largest absolute Gasteiger partial charge is 0.486 e. The molecule has 1 fully saturated rings. The topological polar surface area (TPSA) is 67.3 Å². The highest BCUT2D eigenvalue weighted by molar-refractivity contribution is 7.80. The lowest BCUT2D eigenvalue weighted by Crippen LogP contribution is -3.12. The predicted octanol–water partition coefficient (Wildman–Crippen LogP) is 0.919.